The van der Waals surface area contributed by atoms with Gasteiger partial charge in [-0.25, -0.2) is 0 Å². The minimum Gasteiger partial charge on any atom is -0.371 e. The van der Waals surface area contributed by atoms with E-state index < -0.39 is 0 Å². The number of anilines is 1. The van der Waals surface area contributed by atoms with Gasteiger partial charge in [0, 0.05) is 28.6 Å². The molecule has 100 valence electrons. The second-order valence-corrected chi connectivity index (χ2v) is 6.92. The lowest BCUT2D eigenvalue weighted by molar-refractivity contribution is 0.336. The Morgan fingerprint density at radius 3 is 2.78 bits per heavy atom. The van der Waals surface area contributed by atoms with Crippen LogP contribution in [0.1, 0.15) is 38.2 Å². The average molecular weight is 375 g/mol. The molecule has 1 aromatic rings. The predicted molar refractivity (Wildman–Crippen MR) is 86.6 cm³/mol. The van der Waals surface area contributed by atoms with E-state index in [-0.39, 0.29) is 0 Å². The third kappa shape index (κ3) is 3.30. The van der Waals surface area contributed by atoms with Crippen LogP contribution in [0.2, 0.25) is 0 Å². The normalized spacial score (nSPS) is 24.0. The van der Waals surface area contributed by atoms with Gasteiger partial charge in [0.05, 0.1) is 0 Å². The van der Waals surface area contributed by atoms with Gasteiger partial charge in [-0.2, -0.15) is 0 Å². The molecular weight excluding hydrogens is 354 g/mol. The van der Waals surface area contributed by atoms with E-state index in [2.05, 4.69) is 68.9 Å². The van der Waals surface area contributed by atoms with Crippen molar-refractivity contribution in [3.63, 3.8) is 0 Å². The average Bonchev–Trinajstić information content (AvgIpc) is 2.37. The number of nitrogens with zero attached hydrogens (tertiary/aromatic N) is 1. The quantitative estimate of drug-likeness (QED) is 0.643. The second kappa shape index (κ2) is 6.42. The van der Waals surface area contributed by atoms with Crippen LogP contribution in [0.15, 0.2) is 22.7 Å². The lowest BCUT2D eigenvalue weighted by atomic mass is 9.86. The molecule has 1 aromatic carbocycles. The van der Waals surface area contributed by atoms with Crippen molar-refractivity contribution >= 4 is 37.5 Å². The molecule has 18 heavy (non-hydrogen) atoms. The molecule has 2 atom stereocenters. The molecule has 0 N–H and O–H groups in total. The van der Waals surface area contributed by atoms with Crippen LogP contribution in [0, 0.1) is 5.92 Å². The molecule has 0 spiro atoms. The van der Waals surface area contributed by atoms with Gasteiger partial charge in [0.1, 0.15) is 0 Å². The van der Waals surface area contributed by atoms with Gasteiger partial charge < -0.3 is 4.90 Å². The van der Waals surface area contributed by atoms with Gasteiger partial charge in [-0.15, -0.1) is 0 Å². The summed E-state index contributed by atoms with van der Waals surface area (Å²) in [4.78, 5) is 2.48. The standard InChI is InChI=1S/C15H21Br2N/c1-11-4-3-5-14(8-11)18(2)15-7-6-13(17)9-12(15)10-16/h6-7,9,11,14H,3-5,8,10H2,1-2H3. The van der Waals surface area contributed by atoms with Crippen LogP contribution in [-0.2, 0) is 5.33 Å². The van der Waals surface area contributed by atoms with E-state index in [0.717, 1.165) is 15.7 Å². The van der Waals surface area contributed by atoms with E-state index in [1.54, 1.807) is 0 Å². The summed E-state index contributed by atoms with van der Waals surface area (Å²) in [5.41, 5.74) is 2.74. The monoisotopic (exact) mass is 373 g/mol. The lowest BCUT2D eigenvalue weighted by Crippen LogP contribution is -2.36. The van der Waals surface area contributed by atoms with Crippen molar-refractivity contribution < 1.29 is 0 Å². The first-order chi connectivity index (χ1) is 8.61. The van der Waals surface area contributed by atoms with Gasteiger partial charge in [0.15, 0.2) is 0 Å². The van der Waals surface area contributed by atoms with Gasteiger partial charge in [-0.3, -0.25) is 0 Å². The Morgan fingerprint density at radius 1 is 1.33 bits per heavy atom. The Bertz CT molecular complexity index is 405. The van der Waals surface area contributed by atoms with Crippen LogP contribution in [0.3, 0.4) is 0 Å². The Balaban J connectivity index is 2.19. The Kier molecular flexibility index (Phi) is 5.14. The molecule has 1 aliphatic rings. The smallest absolute Gasteiger partial charge is 0.0408 e. The van der Waals surface area contributed by atoms with Crippen LogP contribution in [0.25, 0.3) is 0 Å². The van der Waals surface area contributed by atoms with Gasteiger partial charge in [-0.1, -0.05) is 51.6 Å². The number of rotatable bonds is 3. The fourth-order valence-corrected chi connectivity index (χ4v) is 3.81. The van der Waals surface area contributed by atoms with E-state index in [1.165, 1.54) is 36.9 Å². The zero-order valence-electron chi connectivity index (χ0n) is 11.1. The summed E-state index contributed by atoms with van der Waals surface area (Å²) >= 11 is 7.15. The Morgan fingerprint density at radius 2 is 2.11 bits per heavy atom. The van der Waals surface area contributed by atoms with Gasteiger partial charge in [0.2, 0.25) is 0 Å². The molecule has 0 saturated heterocycles. The fourth-order valence-electron chi connectivity index (χ4n) is 2.96. The third-order valence-corrected chi connectivity index (χ3v) is 5.12. The first kappa shape index (κ1) is 14.4. The number of hydrogen-bond acceptors (Lipinski definition) is 1. The highest BCUT2D eigenvalue weighted by molar-refractivity contribution is 9.10. The molecule has 0 bridgehead atoms. The molecule has 0 radical (unpaired) electrons. The molecular formula is C15H21Br2N. The summed E-state index contributed by atoms with van der Waals surface area (Å²) in [5.74, 6) is 0.870. The summed E-state index contributed by atoms with van der Waals surface area (Å²) in [6.07, 6.45) is 5.43. The highest BCUT2D eigenvalue weighted by atomic mass is 79.9. The van der Waals surface area contributed by atoms with Crippen molar-refractivity contribution in [2.45, 2.75) is 44.0 Å². The molecule has 0 heterocycles. The van der Waals surface area contributed by atoms with E-state index in [0.29, 0.717) is 6.04 Å². The minimum absolute atomic E-state index is 0.702. The van der Waals surface area contributed by atoms with Crippen molar-refractivity contribution in [3.05, 3.63) is 28.2 Å². The molecule has 1 aliphatic carbocycles. The Labute approximate surface area is 127 Å². The zero-order chi connectivity index (χ0) is 13.1. The SMILES string of the molecule is CC1CCCC(N(C)c2ccc(Br)cc2CBr)C1. The number of hydrogen-bond donors (Lipinski definition) is 0. The molecule has 1 nitrogen and oxygen atoms in total. The summed E-state index contributed by atoms with van der Waals surface area (Å²) in [6.45, 7) is 2.38. The summed E-state index contributed by atoms with van der Waals surface area (Å²) < 4.78 is 1.16. The van der Waals surface area contributed by atoms with Crippen molar-refractivity contribution in [2.75, 3.05) is 11.9 Å². The highest BCUT2D eigenvalue weighted by Crippen LogP contribution is 2.33. The Hall–Kier alpha value is -0.0200. The van der Waals surface area contributed by atoms with Gasteiger partial charge >= 0.3 is 0 Å². The predicted octanol–water partition coefficient (Wildman–Crippen LogP) is 5.36. The van der Waals surface area contributed by atoms with E-state index in [4.69, 9.17) is 0 Å². The maximum absolute atomic E-state index is 3.60. The number of halogens is 2. The van der Waals surface area contributed by atoms with Crippen molar-refractivity contribution in [1.29, 1.82) is 0 Å². The van der Waals surface area contributed by atoms with Crippen LogP contribution in [-0.4, -0.2) is 13.1 Å². The van der Waals surface area contributed by atoms with Crippen molar-refractivity contribution in [1.82, 2.24) is 0 Å². The number of alkyl halides is 1. The maximum Gasteiger partial charge on any atom is 0.0408 e. The molecule has 3 heteroatoms. The zero-order valence-corrected chi connectivity index (χ0v) is 14.3. The van der Waals surface area contributed by atoms with E-state index in [9.17, 15) is 0 Å². The largest absolute Gasteiger partial charge is 0.371 e. The highest BCUT2D eigenvalue weighted by Gasteiger charge is 2.23. The molecule has 0 aliphatic heterocycles. The first-order valence-corrected chi connectivity index (χ1v) is 8.60. The molecule has 0 amide bonds. The molecule has 2 rings (SSSR count). The summed E-state index contributed by atoms with van der Waals surface area (Å²) in [6, 6.07) is 7.30. The van der Waals surface area contributed by atoms with Gasteiger partial charge in [0.25, 0.3) is 0 Å². The van der Waals surface area contributed by atoms with Gasteiger partial charge in [-0.05, 0) is 42.5 Å². The lowest BCUT2D eigenvalue weighted by Gasteiger charge is -2.36. The van der Waals surface area contributed by atoms with Crippen molar-refractivity contribution in [2.24, 2.45) is 5.92 Å². The molecule has 0 aromatic heterocycles. The van der Waals surface area contributed by atoms with Crippen LogP contribution in [0.5, 0.6) is 0 Å². The van der Waals surface area contributed by atoms with Crippen LogP contribution >= 0.6 is 31.9 Å². The van der Waals surface area contributed by atoms with Crippen LogP contribution in [0.4, 0.5) is 5.69 Å². The minimum atomic E-state index is 0.702. The van der Waals surface area contributed by atoms with Crippen LogP contribution < -0.4 is 4.90 Å². The first-order valence-electron chi connectivity index (χ1n) is 6.69. The molecule has 1 fully saturated rings. The summed E-state index contributed by atoms with van der Waals surface area (Å²) in [7, 11) is 2.25. The topological polar surface area (TPSA) is 3.24 Å². The third-order valence-electron chi connectivity index (χ3n) is 4.02. The van der Waals surface area contributed by atoms with Crippen molar-refractivity contribution in [3.8, 4) is 0 Å². The fraction of sp³-hybridized carbons (Fsp3) is 0.600. The van der Waals surface area contributed by atoms with E-state index >= 15 is 0 Å². The molecule has 2 unspecified atom stereocenters. The summed E-state index contributed by atoms with van der Waals surface area (Å²) in [5, 5.41) is 0.911. The van der Waals surface area contributed by atoms with E-state index in [1.807, 2.05) is 0 Å². The molecule has 1 saturated carbocycles. The second-order valence-electron chi connectivity index (χ2n) is 5.44. The maximum atomic E-state index is 3.60. The number of benzene rings is 1.